The Bertz CT molecular complexity index is 1070. The Morgan fingerprint density at radius 3 is 2.79 bits per heavy atom. The molecule has 3 heterocycles. The molecule has 2 N–H and O–H groups in total. The molecule has 0 fully saturated rings. The van der Waals surface area contributed by atoms with Crippen molar-refractivity contribution in [2.75, 3.05) is 17.7 Å². The van der Waals surface area contributed by atoms with E-state index in [4.69, 9.17) is 9.26 Å². The van der Waals surface area contributed by atoms with Gasteiger partial charge in [-0.3, -0.25) is 9.59 Å². The number of aromatic nitrogens is 3. The van der Waals surface area contributed by atoms with Gasteiger partial charge in [-0.15, -0.1) is 0 Å². The molecule has 150 valence electrons. The number of anilines is 2. The smallest absolute Gasteiger partial charge is 0.292 e. The summed E-state index contributed by atoms with van der Waals surface area (Å²) in [5, 5.41) is 9.28. The van der Waals surface area contributed by atoms with Gasteiger partial charge in [-0.1, -0.05) is 11.2 Å². The Morgan fingerprint density at radius 2 is 2.03 bits per heavy atom. The Labute approximate surface area is 167 Å². The van der Waals surface area contributed by atoms with E-state index in [0.717, 1.165) is 18.5 Å². The molecule has 3 aromatic rings. The van der Waals surface area contributed by atoms with Crippen molar-refractivity contribution in [1.82, 2.24) is 14.7 Å². The van der Waals surface area contributed by atoms with E-state index in [1.54, 1.807) is 44.4 Å². The number of fused-ring (bicyclic) bond motifs is 1. The lowest BCUT2D eigenvalue weighted by atomic mass is 10.1. The topological polar surface area (TPSA) is 111 Å². The lowest BCUT2D eigenvalue weighted by Gasteiger charge is -2.16. The van der Waals surface area contributed by atoms with E-state index in [2.05, 4.69) is 20.8 Å². The fraction of sp³-hybridized carbons (Fsp3) is 0.300. The minimum absolute atomic E-state index is 0.191. The summed E-state index contributed by atoms with van der Waals surface area (Å²) in [6, 6.07) is 8.69. The maximum atomic E-state index is 12.9. The first-order chi connectivity index (χ1) is 14.0. The molecule has 0 radical (unpaired) electrons. The summed E-state index contributed by atoms with van der Waals surface area (Å²) in [7, 11) is 1.56. The van der Waals surface area contributed by atoms with Crippen LogP contribution in [-0.2, 0) is 13.0 Å². The molecule has 1 aliphatic heterocycles. The van der Waals surface area contributed by atoms with Crippen LogP contribution in [0.25, 0.3) is 0 Å². The summed E-state index contributed by atoms with van der Waals surface area (Å²) in [4.78, 5) is 30.0. The molecule has 4 rings (SSSR count). The number of rotatable bonds is 5. The van der Waals surface area contributed by atoms with Gasteiger partial charge in [0, 0.05) is 24.4 Å². The van der Waals surface area contributed by atoms with Crippen molar-refractivity contribution in [3.63, 3.8) is 0 Å². The lowest BCUT2D eigenvalue weighted by molar-refractivity contribution is 0.101. The molecule has 0 spiro atoms. The monoisotopic (exact) mass is 395 g/mol. The summed E-state index contributed by atoms with van der Waals surface area (Å²) < 4.78 is 12.0. The number of carbonyl (C=O) groups excluding carboxylic acids is 2. The highest BCUT2D eigenvalue weighted by Crippen LogP contribution is 2.24. The zero-order chi connectivity index (χ0) is 20.4. The molecule has 9 nitrogen and oxygen atoms in total. The molecule has 0 bridgehead atoms. The average molecular weight is 395 g/mol. The number of nitrogens with zero attached hydrogens (tertiary/aromatic N) is 3. The van der Waals surface area contributed by atoms with E-state index in [-0.39, 0.29) is 17.4 Å². The van der Waals surface area contributed by atoms with Gasteiger partial charge < -0.3 is 24.5 Å². The molecule has 1 aromatic carbocycles. The molecule has 0 saturated carbocycles. The zero-order valence-electron chi connectivity index (χ0n) is 16.2. The van der Waals surface area contributed by atoms with Gasteiger partial charge in [-0.2, -0.15) is 0 Å². The van der Waals surface area contributed by atoms with E-state index in [1.807, 2.05) is 4.57 Å². The van der Waals surface area contributed by atoms with Gasteiger partial charge in [0.25, 0.3) is 11.8 Å². The first kappa shape index (κ1) is 18.7. The summed E-state index contributed by atoms with van der Waals surface area (Å²) >= 11 is 0. The number of carbonyl (C=O) groups is 2. The standard InChI is InChI=1S/C20H21N5O4/c1-12-10-16(24-29-12)22-20(27)18-23-17(15-8-3-4-9-25(15)18)19(26)21-13-6-5-7-14(11-13)28-2/h5-7,10-11H,3-4,8-9H2,1-2H3,(H,21,26)(H,22,24,27). The number of hydrogen-bond donors (Lipinski definition) is 2. The Hall–Kier alpha value is -3.62. The highest BCUT2D eigenvalue weighted by atomic mass is 16.5. The van der Waals surface area contributed by atoms with E-state index < -0.39 is 5.91 Å². The zero-order valence-corrected chi connectivity index (χ0v) is 16.2. The van der Waals surface area contributed by atoms with Crippen molar-refractivity contribution in [3.8, 4) is 5.75 Å². The van der Waals surface area contributed by atoms with Crippen LogP contribution in [0.3, 0.4) is 0 Å². The molecule has 0 atom stereocenters. The summed E-state index contributed by atoms with van der Waals surface area (Å²) in [6.45, 7) is 2.37. The quantitative estimate of drug-likeness (QED) is 0.687. The molecule has 2 aromatic heterocycles. The van der Waals surface area contributed by atoms with Gasteiger partial charge in [0.1, 0.15) is 11.5 Å². The summed E-state index contributed by atoms with van der Waals surface area (Å²) in [5.41, 5.74) is 1.61. The average Bonchev–Trinajstić information content (AvgIpc) is 3.31. The minimum Gasteiger partial charge on any atom is -0.497 e. The van der Waals surface area contributed by atoms with Crippen LogP contribution in [0, 0.1) is 6.92 Å². The third kappa shape index (κ3) is 3.84. The lowest BCUT2D eigenvalue weighted by Crippen LogP contribution is -2.21. The van der Waals surface area contributed by atoms with Crippen LogP contribution >= 0.6 is 0 Å². The van der Waals surface area contributed by atoms with E-state index in [0.29, 0.717) is 36.0 Å². The van der Waals surface area contributed by atoms with Crippen LogP contribution in [0.4, 0.5) is 11.5 Å². The third-order valence-corrected chi connectivity index (χ3v) is 4.73. The van der Waals surface area contributed by atoms with Crippen LogP contribution in [0.2, 0.25) is 0 Å². The third-order valence-electron chi connectivity index (χ3n) is 4.73. The molecule has 0 aliphatic carbocycles. The molecule has 0 saturated heterocycles. The Kier molecular flexibility index (Phi) is 5.03. The van der Waals surface area contributed by atoms with Gasteiger partial charge in [0.05, 0.1) is 12.8 Å². The second kappa shape index (κ2) is 7.78. The molecule has 2 amide bonds. The first-order valence-corrected chi connectivity index (χ1v) is 9.34. The highest BCUT2D eigenvalue weighted by Gasteiger charge is 2.28. The second-order valence-electron chi connectivity index (χ2n) is 6.80. The van der Waals surface area contributed by atoms with Crippen molar-refractivity contribution in [3.05, 3.63) is 53.3 Å². The number of imidazole rings is 1. The molecular weight excluding hydrogens is 374 g/mol. The van der Waals surface area contributed by atoms with Gasteiger partial charge in [0.2, 0.25) is 0 Å². The number of amides is 2. The predicted octanol–water partition coefficient (Wildman–Crippen LogP) is 3.03. The van der Waals surface area contributed by atoms with E-state index in [1.165, 1.54) is 0 Å². The number of nitrogens with one attached hydrogen (secondary N) is 2. The van der Waals surface area contributed by atoms with Crippen LogP contribution in [-0.4, -0.2) is 33.6 Å². The summed E-state index contributed by atoms with van der Waals surface area (Å²) in [5.74, 6) is 0.933. The van der Waals surface area contributed by atoms with Crippen LogP contribution < -0.4 is 15.4 Å². The first-order valence-electron chi connectivity index (χ1n) is 9.34. The van der Waals surface area contributed by atoms with Gasteiger partial charge in [0.15, 0.2) is 17.3 Å². The summed E-state index contributed by atoms with van der Waals surface area (Å²) in [6.07, 6.45) is 2.54. The second-order valence-corrected chi connectivity index (χ2v) is 6.80. The van der Waals surface area contributed by atoms with E-state index in [9.17, 15) is 9.59 Å². The molecule has 1 aliphatic rings. The van der Waals surface area contributed by atoms with Crippen LogP contribution in [0.1, 0.15) is 45.4 Å². The Morgan fingerprint density at radius 1 is 1.17 bits per heavy atom. The maximum absolute atomic E-state index is 12.9. The SMILES string of the molecule is COc1cccc(NC(=O)c2nc(C(=O)Nc3cc(C)on3)n3c2CCCC3)c1. The Balaban J connectivity index is 1.61. The van der Waals surface area contributed by atoms with Crippen molar-refractivity contribution in [1.29, 1.82) is 0 Å². The largest absolute Gasteiger partial charge is 0.497 e. The van der Waals surface area contributed by atoms with Crippen LogP contribution in [0.5, 0.6) is 5.75 Å². The number of methoxy groups -OCH3 is 1. The van der Waals surface area contributed by atoms with Crippen LogP contribution in [0.15, 0.2) is 34.9 Å². The number of ether oxygens (including phenoxy) is 1. The van der Waals surface area contributed by atoms with Gasteiger partial charge >= 0.3 is 0 Å². The number of aryl methyl sites for hydroxylation is 1. The molecule has 0 unspecified atom stereocenters. The van der Waals surface area contributed by atoms with Crippen molar-refractivity contribution in [2.45, 2.75) is 32.7 Å². The van der Waals surface area contributed by atoms with Crippen molar-refractivity contribution >= 4 is 23.3 Å². The predicted molar refractivity (Wildman–Crippen MR) is 105 cm³/mol. The minimum atomic E-state index is -0.429. The normalized spacial score (nSPS) is 12.9. The highest BCUT2D eigenvalue weighted by molar-refractivity contribution is 6.06. The number of hydrogen-bond acceptors (Lipinski definition) is 6. The van der Waals surface area contributed by atoms with Crippen molar-refractivity contribution in [2.24, 2.45) is 0 Å². The fourth-order valence-electron chi connectivity index (χ4n) is 3.39. The molecule has 9 heteroatoms. The van der Waals surface area contributed by atoms with Gasteiger partial charge in [-0.05, 0) is 38.3 Å². The molecular formula is C20H21N5O4. The number of benzene rings is 1. The molecule has 29 heavy (non-hydrogen) atoms. The van der Waals surface area contributed by atoms with Gasteiger partial charge in [-0.25, -0.2) is 4.98 Å². The maximum Gasteiger partial charge on any atom is 0.292 e. The van der Waals surface area contributed by atoms with E-state index >= 15 is 0 Å². The fourth-order valence-corrected chi connectivity index (χ4v) is 3.39. The van der Waals surface area contributed by atoms with Crippen molar-refractivity contribution < 1.29 is 18.8 Å².